The van der Waals surface area contributed by atoms with E-state index in [4.69, 9.17) is 4.74 Å². The van der Waals surface area contributed by atoms with Gasteiger partial charge < -0.3 is 9.84 Å². The fourth-order valence-electron chi connectivity index (χ4n) is 3.25. The fourth-order valence-corrected chi connectivity index (χ4v) is 3.25. The highest BCUT2D eigenvalue weighted by Crippen LogP contribution is 2.26. The van der Waals surface area contributed by atoms with Gasteiger partial charge in [-0.15, -0.1) is 0 Å². The highest BCUT2D eigenvalue weighted by Gasteiger charge is 2.21. The van der Waals surface area contributed by atoms with Gasteiger partial charge in [-0.05, 0) is 54.7 Å². The van der Waals surface area contributed by atoms with Crippen molar-refractivity contribution in [3.63, 3.8) is 0 Å². The molecule has 0 amide bonds. The van der Waals surface area contributed by atoms with E-state index in [0.29, 0.717) is 11.8 Å². The zero-order valence-electron chi connectivity index (χ0n) is 15.9. The quantitative estimate of drug-likeness (QED) is 0.549. The summed E-state index contributed by atoms with van der Waals surface area (Å²) >= 11 is 0. The molecule has 1 N–H and O–H groups in total. The summed E-state index contributed by atoms with van der Waals surface area (Å²) < 4.78 is 5.21. The SMILES string of the molecule is COc1ccc(CC(CCCC[C@H](C(=O)O)C(C)C)C(C)C)cc1. The molecule has 0 radical (unpaired) electrons. The van der Waals surface area contributed by atoms with E-state index in [1.54, 1.807) is 7.11 Å². The molecule has 0 saturated carbocycles. The molecule has 1 rings (SSSR count). The summed E-state index contributed by atoms with van der Waals surface area (Å²) in [5.41, 5.74) is 1.35. The van der Waals surface area contributed by atoms with Crippen molar-refractivity contribution in [2.75, 3.05) is 7.11 Å². The van der Waals surface area contributed by atoms with Crippen LogP contribution in [0.25, 0.3) is 0 Å². The van der Waals surface area contributed by atoms with Gasteiger partial charge in [0.25, 0.3) is 0 Å². The molecule has 0 fully saturated rings. The molecule has 0 aromatic heterocycles. The number of unbranched alkanes of at least 4 members (excludes halogenated alkanes) is 1. The minimum atomic E-state index is -0.649. The number of aliphatic carboxylic acids is 1. The molecule has 1 aromatic rings. The van der Waals surface area contributed by atoms with Crippen molar-refractivity contribution in [3.8, 4) is 5.75 Å². The van der Waals surface area contributed by atoms with E-state index in [1.807, 2.05) is 26.0 Å². The average molecular weight is 335 g/mol. The number of carboxylic acid groups (broad SMARTS) is 1. The second kappa shape index (κ2) is 10.4. The van der Waals surface area contributed by atoms with Gasteiger partial charge in [0.15, 0.2) is 0 Å². The van der Waals surface area contributed by atoms with Gasteiger partial charge in [-0.25, -0.2) is 0 Å². The van der Waals surface area contributed by atoms with Crippen molar-refractivity contribution >= 4 is 5.97 Å². The van der Waals surface area contributed by atoms with E-state index in [-0.39, 0.29) is 11.8 Å². The van der Waals surface area contributed by atoms with Gasteiger partial charge in [-0.2, -0.15) is 0 Å². The summed E-state index contributed by atoms with van der Waals surface area (Å²) in [6.45, 7) is 8.56. The third-order valence-corrected chi connectivity index (χ3v) is 5.06. The number of carbonyl (C=O) groups is 1. The first-order valence-corrected chi connectivity index (χ1v) is 9.20. The largest absolute Gasteiger partial charge is 0.497 e. The van der Waals surface area contributed by atoms with Crippen molar-refractivity contribution in [1.82, 2.24) is 0 Å². The lowest BCUT2D eigenvalue weighted by atomic mass is 9.84. The van der Waals surface area contributed by atoms with Crippen LogP contribution in [-0.4, -0.2) is 18.2 Å². The number of methoxy groups -OCH3 is 1. The van der Waals surface area contributed by atoms with Gasteiger partial charge >= 0.3 is 5.97 Å². The van der Waals surface area contributed by atoms with Crippen molar-refractivity contribution in [1.29, 1.82) is 0 Å². The van der Waals surface area contributed by atoms with Gasteiger partial charge in [-0.1, -0.05) is 52.7 Å². The maximum atomic E-state index is 11.3. The highest BCUT2D eigenvalue weighted by atomic mass is 16.5. The number of benzene rings is 1. The third-order valence-electron chi connectivity index (χ3n) is 5.06. The lowest BCUT2D eigenvalue weighted by Gasteiger charge is -2.22. The molecular formula is C21H34O3. The average Bonchev–Trinajstić information content (AvgIpc) is 2.53. The van der Waals surface area contributed by atoms with Crippen LogP contribution in [0.5, 0.6) is 5.75 Å². The maximum Gasteiger partial charge on any atom is 0.306 e. The molecule has 1 unspecified atom stereocenters. The van der Waals surface area contributed by atoms with Crippen LogP contribution < -0.4 is 4.74 Å². The van der Waals surface area contributed by atoms with Crippen LogP contribution in [0.1, 0.15) is 58.9 Å². The van der Waals surface area contributed by atoms with Crippen LogP contribution in [0.3, 0.4) is 0 Å². The molecule has 136 valence electrons. The minimum absolute atomic E-state index is 0.205. The van der Waals surface area contributed by atoms with Gasteiger partial charge in [0.2, 0.25) is 0 Å². The zero-order valence-corrected chi connectivity index (χ0v) is 15.9. The topological polar surface area (TPSA) is 46.5 Å². The van der Waals surface area contributed by atoms with E-state index in [9.17, 15) is 9.90 Å². The molecule has 0 bridgehead atoms. The molecule has 1 aromatic carbocycles. The minimum Gasteiger partial charge on any atom is -0.497 e. The molecule has 24 heavy (non-hydrogen) atoms. The maximum absolute atomic E-state index is 11.3. The molecule has 0 aliphatic heterocycles. The first-order valence-electron chi connectivity index (χ1n) is 9.20. The van der Waals surface area contributed by atoms with Gasteiger partial charge in [0.1, 0.15) is 5.75 Å². The molecule has 3 nitrogen and oxygen atoms in total. The Morgan fingerprint density at radius 1 is 1.00 bits per heavy atom. The standard InChI is InChI=1S/C21H34O3/c1-15(2)18(14-17-10-12-19(24-5)13-11-17)8-6-7-9-20(16(3)4)21(22)23/h10-13,15-16,18,20H,6-9,14H2,1-5H3,(H,22,23)/t18?,20-/m0/s1. The molecule has 3 heteroatoms. The second-order valence-electron chi connectivity index (χ2n) is 7.53. The van der Waals surface area contributed by atoms with E-state index >= 15 is 0 Å². The fraction of sp³-hybridized carbons (Fsp3) is 0.667. The van der Waals surface area contributed by atoms with Crippen molar-refractivity contribution in [2.24, 2.45) is 23.7 Å². The molecule has 0 aliphatic rings. The Morgan fingerprint density at radius 3 is 2.04 bits per heavy atom. The molecule has 0 spiro atoms. The number of hydrogen-bond donors (Lipinski definition) is 1. The van der Waals surface area contributed by atoms with E-state index in [2.05, 4.69) is 26.0 Å². The Hall–Kier alpha value is -1.51. The lowest BCUT2D eigenvalue weighted by molar-refractivity contribution is -0.143. The van der Waals surface area contributed by atoms with Crippen LogP contribution in [-0.2, 0) is 11.2 Å². The summed E-state index contributed by atoms with van der Waals surface area (Å²) in [6, 6.07) is 8.33. The summed E-state index contributed by atoms with van der Waals surface area (Å²) in [6.07, 6.45) is 5.14. The van der Waals surface area contributed by atoms with E-state index in [1.165, 1.54) is 5.56 Å². The van der Waals surface area contributed by atoms with E-state index in [0.717, 1.165) is 37.9 Å². The van der Waals surface area contributed by atoms with Crippen molar-refractivity contribution in [3.05, 3.63) is 29.8 Å². The zero-order chi connectivity index (χ0) is 18.1. The first-order chi connectivity index (χ1) is 11.3. The van der Waals surface area contributed by atoms with Gasteiger partial charge in [0, 0.05) is 0 Å². The van der Waals surface area contributed by atoms with Crippen molar-refractivity contribution in [2.45, 2.75) is 59.8 Å². The van der Waals surface area contributed by atoms with Gasteiger partial charge in [-0.3, -0.25) is 4.79 Å². The summed E-state index contributed by atoms with van der Waals surface area (Å²) in [5.74, 6) is 1.52. The van der Waals surface area contributed by atoms with Crippen molar-refractivity contribution < 1.29 is 14.6 Å². The van der Waals surface area contributed by atoms with Gasteiger partial charge in [0.05, 0.1) is 13.0 Å². The molecule has 0 saturated heterocycles. The molecule has 0 heterocycles. The molecule has 2 atom stereocenters. The molecule has 0 aliphatic carbocycles. The number of hydrogen-bond acceptors (Lipinski definition) is 2. The Labute approximate surface area is 147 Å². The normalized spacial score (nSPS) is 14.0. The second-order valence-corrected chi connectivity index (χ2v) is 7.53. The van der Waals surface area contributed by atoms with Crippen LogP contribution in [0.15, 0.2) is 24.3 Å². The Morgan fingerprint density at radius 2 is 1.58 bits per heavy atom. The van der Waals surface area contributed by atoms with E-state index < -0.39 is 5.97 Å². The Bertz CT molecular complexity index is 476. The summed E-state index contributed by atoms with van der Waals surface area (Å²) in [4.78, 5) is 11.3. The lowest BCUT2D eigenvalue weighted by Crippen LogP contribution is -2.19. The Balaban J connectivity index is 2.47. The first kappa shape index (κ1) is 20.5. The van der Waals surface area contributed by atoms with Crippen LogP contribution in [0.2, 0.25) is 0 Å². The Kier molecular flexibility index (Phi) is 8.88. The highest BCUT2D eigenvalue weighted by molar-refractivity contribution is 5.70. The van der Waals surface area contributed by atoms with Crippen LogP contribution in [0.4, 0.5) is 0 Å². The predicted molar refractivity (Wildman–Crippen MR) is 99.5 cm³/mol. The monoisotopic (exact) mass is 334 g/mol. The predicted octanol–water partition coefficient (Wildman–Crippen LogP) is 5.43. The summed E-state index contributed by atoms with van der Waals surface area (Å²) in [7, 11) is 1.69. The van der Waals surface area contributed by atoms with Crippen LogP contribution >= 0.6 is 0 Å². The number of carboxylic acids is 1. The summed E-state index contributed by atoms with van der Waals surface area (Å²) in [5, 5.41) is 9.27. The number of rotatable bonds is 11. The number of ether oxygens (including phenoxy) is 1. The smallest absolute Gasteiger partial charge is 0.306 e. The van der Waals surface area contributed by atoms with Crippen LogP contribution in [0, 0.1) is 23.7 Å². The molecular weight excluding hydrogens is 300 g/mol. The third kappa shape index (κ3) is 6.94.